The number of hydrogen-bond donors (Lipinski definition) is 1. The molecule has 0 radical (unpaired) electrons. The number of hydrogen-bond acceptors (Lipinski definition) is 4. The molecule has 1 aliphatic heterocycles. The summed E-state index contributed by atoms with van der Waals surface area (Å²) < 4.78 is 13.1. The van der Waals surface area contributed by atoms with Crippen LogP contribution in [0.2, 0.25) is 0 Å². The Labute approximate surface area is 119 Å². The van der Waals surface area contributed by atoms with Gasteiger partial charge in [0.05, 0.1) is 5.56 Å². The Morgan fingerprint density at radius 1 is 1.43 bits per heavy atom. The maximum Gasteiger partial charge on any atom is 0.255 e. The second-order valence-corrected chi connectivity index (χ2v) is 4.73. The third-order valence-electron chi connectivity index (χ3n) is 3.37. The van der Waals surface area contributed by atoms with Crippen molar-refractivity contribution in [3.8, 4) is 0 Å². The van der Waals surface area contributed by atoms with Crippen LogP contribution < -0.4 is 5.32 Å². The Morgan fingerprint density at radius 3 is 2.76 bits per heavy atom. The molecule has 0 saturated carbocycles. The van der Waals surface area contributed by atoms with E-state index in [9.17, 15) is 23.6 Å². The summed E-state index contributed by atoms with van der Waals surface area (Å²) in [4.78, 5) is 47.3. The molecule has 0 spiro atoms. The molecule has 1 aromatic carbocycles. The first-order valence-corrected chi connectivity index (χ1v) is 6.29. The Hall–Kier alpha value is -2.57. The average molecular weight is 292 g/mol. The van der Waals surface area contributed by atoms with Crippen molar-refractivity contribution >= 4 is 24.0 Å². The molecular weight excluding hydrogens is 279 g/mol. The van der Waals surface area contributed by atoms with Gasteiger partial charge in [-0.05, 0) is 24.6 Å². The third-order valence-corrected chi connectivity index (χ3v) is 3.37. The fourth-order valence-corrected chi connectivity index (χ4v) is 2.21. The quantitative estimate of drug-likeness (QED) is 0.650. The van der Waals surface area contributed by atoms with Gasteiger partial charge in [-0.25, -0.2) is 4.39 Å². The molecule has 6 nitrogen and oxygen atoms in total. The predicted octanol–water partition coefficient (Wildman–Crippen LogP) is 0.515. The Morgan fingerprint density at radius 2 is 2.14 bits per heavy atom. The number of piperidine rings is 1. The maximum atomic E-state index is 13.1. The highest BCUT2D eigenvalue weighted by atomic mass is 19.1. The summed E-state index contributed by atoms with van der Waals surface area (Å²) in [6, 6.07) is 2.43. The number of benzene rings is 1. The first-order valence-electron chi connectivity index (χ1n) is 6.29. The van der Waals surface area contributed by atoms with Gasteiger partial charge in [0, 0.05) is 19.0 Å². The molecule has 1 aromatic rings. The zero-order valence-electron chi connectivity index (χ0n) is 11.3. The lowest BCUT2D eigenvalue weighted by molar-refractivity contribution is -0.136. The summed E-state index contributed by atoms with van der Waals surface area (Å²) in [5.41, 5.74) is -0.0715. The zero-order valence-corrected chi connectivity index (χ0v) is 11.3. The lowest BCUT2D eigenvalue weighted by atomic mass is 10.0. The highest BCUT2D eigenvalue weighted by Gasteiger charge is 2.33. The summed E-state index contributed by atoms with van der Waals surface area (Å²) in [6.45, 7) is 0. The highest BCUT2D eigenvalue weighted by molar-refractivity contribution is 6.05. The van der Waals surface area contributed by atoms with Gasteiger partial charge in [0.2, 0.25) is 11.8 Å². The van der Waals surface area contributed by atoms with Crippen molar-refractivity contribution in [1.29, 1.82) is 0 Å². The number of amides is 3. The first kappa shape index (κ1) is 14.8. The van der Waals surface area contributed by atoms with Crippen LogP contribution in [0.15, 0.2) is 18.2 Å². The van der Waals surface area contributed by atoms with Crippen LogP contribution in [0.1, 0.15) is 33.6 Å². The molecule has 1 heterocycles. The largest absolute Gasteiger partial charge is 0.330 e. The maximum absolute atomic E-state index is 13.1. The van der Waals surface area contributed by atoms with Gasteiger partial charge >= 0.3 is 0 Å². The van der Waals surface area contributed by atoms with E-state index in [2.05, 4.69) is 5.32 Å². The van der Waals surface area contributed by atoms with Gasteiger partial charge < -0.3 is 4.90 Å². The van der Waals surface area contributed by atoms with Crippen molar-refractivity contribution in [2.45, 2.75) is 18.9 Å². The smallest absolute Gasteiger partial charge is 0.255 e. The molecule has 2 rings (SSSR count). The van der Waals surface area contributed by atoms with Crippen molar-refractivity contribution in [2.75, 3.05) is 7.05 Å². The Kier molecular flexibility index (Phi) is 4.11. The second-order valence-electron chi connectivity index (χ2n) is 4.73. The molecule has 7 heteroatoms. The van der Waals surface area contributed by atoms with Crippen LogP contribution in [0.5, 0.6) is 0 Å². The molecule has 1 N–H and O–H groups in total. The van der Waals surface area contributed by atoms with Gasteiger partial charge in [-0.15, -0.1) is 0 Å². The highest BCUT2D eigenvalue weighted by Crippen LogP contribution is 2.17. The molecular formula is C14H13FN2O4. The minimum Gasteiger partial charge on any atom is -0.330 e. The van der Waals surface area contributed by atoms with Gasteiger partial charge in [0.25, 0.3) is 5.91 Å². The molecule has 21 heavy (non-hydrogen) atoms. The lowest BCUT2D eigenvalue weighted by Gasteiger charge is -2.30. The monoisotopic (exact) mass is 292 g/mol. The van der Waals surface area contributed by atoms with E-state index in [1.54, 1.807) is 0 Å². The SMILES string of the molecule is CN(C(=O)c1ccc(F)cc1C=O)C1CCC(=O)NC1=O. The molecule has 1 unspecified atom stereocenters. The van der Waals surface area contributed by atoms with Crippen LogP contribution >= 0.6 is 0 Å². The van der Waals surface area contributed by atoms with Crippen LogP contribution in [-0.2, 0) is 9.59 Å². The van der Waals surface area contributed by atoms with Gasteiger partial charge in [-0.2, -0.15) is 0 Å². The average Bonchev–Trinajstić information content (AvgIpc) is 2.45. The number of halogens is 1. The minimum absolute atomic E-state index is 0.0126. The van der Waals surface area contributed by atoms with Crippen LogP contribution in [0.3, 0.4) is 0 Å². The number of rotatable bonds is 3. The van der Waals surface area contributed by atoms with E-state index in [4.69, 9.17) is 0 Å². The zero-order chi connectivity index (χ0) is 15.6. The topological polar surface area (TPSA) is 83.6 Å². The summed E-state index contributed by atoms with van der Waals surface area (Å²) in [7, 11) is 1.40. The molecule has 110 valence electrons. The molecule has 1 aliphatic rings. The number of aldehydes is 1. The van der Waals surface area contributed by atoms with Crippen molar-refractivity contribution in [1.82, 2.24) is 10.2 Å². The predicted molar refractivity (Wildman–Crippen MR) is 70.1 cm³/mol. The van der Waals surface area contributed by atoms with Crippen LogP contribution in [-0.4, -0.2) is 42.0 Å². The van der Waals surface area contributed by atoms with Gasteiger partial charge in [-0.3, -0.25) is 24.5 Å². The molecule has 0 aromatic heterocycles. The number of likely N-dealkylation sites (N-methyl/N-ethyl adjacent to an activating group) is 1. The van der Waals surface area contributed by atoms with Crippen molar-refractivity contribution in [3.63, 3.8) is 0 Å². The molecule has 3 amide bonds. The van der Waals surface area contributed by atoms with Crippen LogP contribution in [0, 0.1) is 5.82 Å². The van der Waals surface area contributed by atoms with E-state index in [0.717, 1.165) is 17.0 Å². The van der Waals surface area contributed by atoms with Crippen molar-refractivity contribution in [2.24, 2.45) is 0 Å². The van der Waals surface area contributed by atoms with Crippen LogP contribution in [0.4, 0.5) is 4.39 Å². The minimum atomic E-state index is -0.792. The molecule has 0 aliphatic carbocycles. The number of carbonyl (C=O) groups is 4. The molecule has 1 saturated heterocycles. The summed E-state index contributed by atoms with van der Waals surface area (Å²) >= 11 is 0. The standard InChI is InChI=1S/C14H13FN2O4/c1-17(11-4-5-12(19)16-13(11)20)14(21)10-3-2-9(15)6-8(10)7-18/h2-3,6-7,11H,4-5H2,1H3,(H,16,19,20). The van der Waals surface area contributed by atoms with Crippen molar-refractivity contribution < 1.29 is 23.6 Å². The number of nitrogens with zero attached hydrogens (tertiary/aromatic N) is 1. The van der Waals surface area contributed by atoms with Crippen LogP contribution in [0.25, 0.3) is 0 Å². The van der Waals surface area contributed by atoms with E-state index in [-0.39, 0.29) is 29.9 Å². The summed E-state index contributed by atoms with van der Waals surface area (Å²) in [5.74, 6) is -2.15. The first-order chi connectivity index (χ1) is 9.93. The van der Waals surface area contributed by atoms with E-state index in [0.29, 0.717) is 6.29 Å². The van der Waals surface area contributed by atoms with E-state index >= 15 is 0 Å². The fourth-order valence-electron chi connectivity index (χ4n) is 2.21. The number of nitrogens with one attached hydrogen (secondary N) is 1. The van der Waals surface area contributed by atoms with Gasteiger partial charge in [0.15, 0.2) is 6.29 Å². The molecule has 1 fully saturated rings. The van der Waals surface area contributed by atoms with Gasteiger partial charge in [-0.1, -0.05) is 0 Å². The molecule has 0 bridgehead atoms. The van der Waals surface area contributed by atoms with E-state index < -0.39 is 23.7 Å². The van der Waals surface area contributed by atoms with Gasteiger partial charge in [0.1, 0.15) is 11.9 Å². The van der Waals surface area contributed by atoms with E-state index in [1.165, 1.54) is 13.1 Å². The summed E-state index contributed by atoms with van der Waals surface area (Å²) in [5, 5.41) is 2.15. The van der Waals surface area contributed by atoms with E-state index in [1.807, 2.05) is 0 Å². The molecule has 1 atom stereocenters. The second kappa shape index (κ2) is 5.82. The normalized spacial score (nSPS) is 18.1. The number of imide groups is 1. The lowest BCUT2D eigenvalue weighted by Crippen LogP contribution is -2.53. The summed E-state index contributed by atoms with van der Waals surface area (Å²) in [6.07, 6.45) is 0.733. The third kappa shape index (κ3) is 2.96. The Bertz CT molecular complexity index is 629. The fraction of sp³-hybridized carbons (Fsp3) is 0.286. The Balaban J connectivity index is 2.25. The number of carbonyl (C=O) groups excluding carboxylic acids is 4. The van der Waals surface area contributed by atoms with Crippen molar-refractivity contribution in [3.05, 3.63) is 35.1 Å².